The van der Waals surface area contributed by atoms with Crippen molar-refractivity contribution in [3.63, 3.8) is 0 Å². The van der Waals surface area contributed by atoms with E-state index in [0.29, 0.717) is 16.2 Å². The highest BCUT2D eigenvalue weighted by Gasteiger charge is 2.35. The molecule has 1 fully saturated rings. The van der Waals surface area contributed by atoms with Crippen LogP contribution in [0.5, 0.6) is 5.75 Å². The number of halogens is 1. The first-order valence-corrected chi connectivity index (χ1v) is 11.9. The summed E-state index contributed by atoms with van der Waals surface area (Å²) in [6.07, 6.45) is 1.61. The molecule has 3 aromatic rings. The van der Waals surface area contributed by atoms with Crippen LogP contribution in [0, 0.1) is 0 Å². The lowest BCUT2D eigenvalue weighted by molar-refractivity contribution is -0.145. The van der Waals surface area contributed by atoms with Crippen molar-refractivity contribution in [1.29, 1.82) is 0 Å². The maximum Gasteiger partial charge on any atom is 0.344 e. The number of benzene rings is 3. The second kappa shape index (κ2) is 10.2. The van der Waals surface area contributed by atoms with E-state index in [1.54, 1.807) is 31.2 Å². The third kappa shape index (κ3) is 5.29. The number of nitrogens with zero attached hydrogens (tertiary/aromatic N) is 1. The summed E-state index contributed by atoms with van der Waals surface area (Å²) in [5, 5.41) is 1.72. The summed E-state index contributed by atoms with van der Waals surface area (Å²) in [7, 11) is 0. The maximum absolute atomic E-state index is 13.1. The highest BCUT2D eigenvalue weighted by Crippen LogP contribution is 2.36. The third-order valence-electron chi connectivity index (χ3n) is 4.99. The van der Waals surface area contributed by atoms with Gasteiger partial charge in [-0.05, 0) is 59.3 Å². The fraction of sp³-hybridized carbons (Fsp3) is 0.160. The monoisotopic (exact) mass is 525 g/mol. The molecule has 0 aromatic heterocycles. The van der Waals surface area contributed by atoms with Crippen LogP contribution in [0.1, 0.15) is 18.1 Å². The summed E-state index contributed by atoms with van der Waals surface area (Å²) in [6.45, 7) is 1.92. The Kier molecular flexibility index (Phi) is 7.15. The van der Waals surface area contributed by atoms with Crippen LogP contribution in [0.2, 0.25) is 0 Å². The van der Waals surface area contributed by atoms with Crippen LogP contribution in [0.3, 0.4) is 0 Å². The fourth-order valence-corrected chi connectivity index (χ4v) is 4.69. The standard InChI is InChI=1S/C25H20BrNO5S/c1-2-31-23(28)15-32-21-11-10-19(26)12-18(21)13-22-24(29)27(25(30)33-22)14-17-8-5-7-16-6-3-4-9-20(16)17/h3-13H,2,14-15H2,1H3/b22-13+. The first kappa shape index (κ1) is 23.1. The van der Waals surface area contributed by atoms with Crippen molar-refractivity contribution in [1.82, 2.24) is 4.90 Å². The van der Waals surface area contributed by atoms with Gasteiger partial charge in [-0.2, -0.15) is 0 Å². The zero-order chi connectivity index (χ0) is 23.4. The van der Waals surface area contributed by atoms with Crippen LogP contribution in [0.4, 0.5) is 4.79 Å². The number of imide groups is 1. The van der Waals surface area contributed by atoms with Gasteiger partial charge in [-0.1, -0.05) is 58.4 Å². The SMILES string of the molecule is CCOC(=O)COc1ccc(Br)cc1/C=C1/SC(=O)N(Cc2cccc3ccccc23)C1=O. The number of carbonyl (C=O) groups excluding carboxylic acids is 3. The van der Waals surface area contributed by atoms with E-state index in [2.05, 4.69) is 15.9 Å². The Morgan fingerprint density at radius 2 is 1.88 bits per heavy atom. The van der Waals surface area contributed by atoms with E-state index in [4.69, 9.17) is 9.47 Å². The zero-order valence-corrected chi connectivity index (χ0v) is 20.1. The van der Waals surface area contributed by atoms with Crippen molar-refractivity contribution >= 4 is 61.7 Å². The molecule has 0 radical (unpaired) electrons. The first-order chi connectivity index (χ1) is 16.0. The topological polar surface area (TPSA) is 72.9 Å². The van der Waals surface area contributed by atoms with E-state index in [0.717, 1.165) is 32.6 Å². The number of amides is 2. The average Bonchev–Trinajstić information content (AvgIpc) is 3.06. The Morgan fingerprint density at radius 3 is 2.70 bits per heavy atom. The Labute approximate surface area is 203 Å². The molecule has 0 unspecified atom stereocenters. The van der Waals surface area contributed by atoms with Crippen molar-refractivity contribution in [2.75, 3.05) is 13.2 Å². The van der Waals surface area contributed by atoms with Crippen molar-refractivity contribution in [2.24, 2.45) is 0 Å². The first-order valence-electron chi connectivity index (χ1n) is 10.3. The van der Waals surface area contributed by atoms with Crippen molar-refractivity contribution in [3.8, 4) is 5.75 Å². The quantitative estimate of drug-likeness (QED) is 0.287. The Balaban J connectivity index is 1.58. The van der Waals surface area contributed by atoms with Crippen LogP contribution in [-0.4, -0.2) is 35.2 Å². The molecular formula is C25H20BrNO5S. The van der Waals surface area contributed by atoms with Gasteiger partial charge in [0.15, 0.2) is 6.61 Å². The average molecular weight is 526 g/mol. The molecule has 0 saturated carbocycles. The molecular weight excluding hydrogens is 506 g/mol. The third-order valence-corrected chi connectivity index (χ3v) is 6.39. The van der Waals surface area contributed by atoms with E-state index in [1.807, 2.05) is 42.5 Å². The molecule has 6 nitrogen and oxygen atoms in total. The summed E-state index contributed by atoms with van der Waals surface area (Å²) in [5.41, 5.74) is 1.47. The summed E-state index contributed by atoms with van der Waals surface area (Å²) in [6, 6.07) is 18.9. The fourth-order valence-electron chi connectivity index (χ4n) is 3.48. The molecule has 0 spiro atoms. The minimum absolute atomic E-state index is 0.189. The van der Waals surface area contributed by atoms with Crippen LogP contribution >= 0.6 is 27.7 Å². The number of ether oxygens (including phenoxy) is 2. The molecule has 0 aliphatic carbocycles. The zero-order valence-electron chi connectivity index (χ0n) is 17.7. The molecule has 0 N–H and O–H groups in total. The molecule has 4 rings (SSSR count). The number of carbonyl (C=O) groups is 3. The number of hydrogen-bond acceptors (Lipinski definition) is 6. The number of hydrogen-bond donors (Lipinski definition) is 0. The molecule has 0 atom stereocenters. The second-order valence-corrected chi connectivity index (χ2v) is 9.09. The second-order valence-electron chi connectivity index (χ2n) is 7.18. The molecule has 1 aliphatic heterocycles. The summed E-state index contributed by atoms with van der Waals surface area (Å²) in [4.78, 5) is 39.0. The van der Waals surface area contributed by atoms with Gasteiger partial charge in [0.25, 0.3) is 11.1 Å². The maximum atomic E-state index is 13.1. The van der Waals surface area contributed by atoms with Crippen LogP contribution < -0.4 is 4.74 Å². The number of fused-ring (bicyclic) bond motifs is 1. The molecule has 3 aromatic carbocycles. The van der Waals surface area contributed by atoms with E-state index < -0.39 is 5.97 Å². The van der Waals surface area contributed by atoms with Gasteiger partial charge in [-0.3, -0.25) is 14.5 Å². The lowest BCUT2D eigenvalue weighted by atomic mass is 10.0. The van der Waals surface area contributed by atoms with Gasteiger partial charge in [0.2, 0.25) is 0 Å². The Morgan fingerprint density at radius 1 is 1.09 bits per heavy atom. The molecule has 1 saturated heterocycles. The normalized spacial score (nSPS) is 14.8. The van der Waals surface area contributed by atoms with E-state index in [1.165, 1.54) is 4.90 Å². The lowest BCUT2D eigenvalue weighted by Crippen LogP contribution is -2.27. The van der Waals surface area contributed by atoms with E-state index in [9.17, 15) is 14.4 Å². The molecule has 8 heteroatoms. The van der Waals surface area contributed by atoms with E-state index in [-0.39, 0.29) is 30.9 Å². The number of esters is 1. The van der Waals surface area contributed by atoms with Gasteiger partial charge in [0.05, 0.1) is 18.1 Å². The predicted octanol–water partition coefficient (Wildman–Crippen LogP) is 5.78. The minimum Gasteiger partial charge on any atom is -0.481 e. The smallest absolute Gasteiger partial charge is 0.344 e. The van der Waals surface area contributed by atoms with Gasteiger partial charge >= 0.3 is 5.97 Å². The van der Waals surface area contributed by atoms with Crippen molar-refractivity contribution in [2.45, 2.75) is 13.5 Å². The lowest BCUT2D eigenvalue weighted by Gasteiger charge is -2.14. The Hall–Kier alpha value is -3.10. The number of thioether (sulfide) groups is 1. The van der Waals surface area contributed by atoms with Gasteiger partial charge < -0.3 is 9.47 Å². The Bertz CT molecular complexity index is 1270. The highest BCUT2D eigenvalue weighted by atomic mass is 79.9. The van der Waals surface area contributed by atoms with E-state index >= 15 is 0 Å². The van der Waals surface area contributed by atoms with Gasteiger partial charge in [-0.25, -0.2) is 4.79 Å². The van der Waals surface area contributed by atoms with Crippen molar-refractivity contribution in [3.05, 3.63) is 81.2 Å². The molecule has 0 bridgehead atoms. The van der Waals surface area contributed by atoms with Crippen LogP contribution in [0.25, 0.3) is 16.8 Å². The van der Waals surface area contributed by atoms with Gasteiger partial charge in [0.1, 0.15) is 5.75 Å². The molecule has 33 heavy (non-hydrogen) atoms. The minimum atomic E-state index is -0.484. The van der Waals surface area contributed by atoms with Crippen molar-refractivity contribution < 1.29 is 23.9 Å². The number of rotatable bonds is 7. The molecule has 1 heterocycles. The summed E-state index contributed by atoms with van der Waals surface area (Å²) in [5.74, 6) is -0.442. The molecule has 2 amide bonds. The van der Waals surface area contributed by atoms with Crippen LogP contribution in [-0.2, 0) is 20.9 Å². The molecule has 1 aliphatic rings. The van der Waals surface area contributed by atoms with Gasteiger partial charge in [-0.15, -0.1) is 0 Å². The largest absolute Gasteiger partial charge is 0.481 e. The van der Waals surface area contributed by atoms with Gasteiger partial charge in [0, 0.05) is 10.0 Å². The van der Waals surface area contributed by atoms with Crippen LogP contribution in [0.15, 0.2) is 70.0 Å². The summed E-state index contributed by atoms with van der Waals surface area (Å²) < 4.78 is 11.3. The highest BCUT2D eigenvalue weighted by molar-refractivity contribution is 9.10. The summed E-state index contributed by atoms with van der Waals surface area (Å²) >= 11 is 4.30. The predicted molar refractivity (Wildman–Crippen MR) is 132 cm³/mol. The molecule has 168 valence electrons.